The number of piperidine rings is 1. The van der Waals surface area contributed by atoms with Crippen LogP contribution in [0.5, 0.6) is 0 Å². The van der Waals surface area contributed by atoms with E-state index in [-0.39, 0.29) is 12.4 Å². The Labute approximate surface area is 180 Å². The van der Waals surface area contributed by atoms with E-state index in [1.165, 1.54) is 41.5 Å². The van der Waals surface area contributed by atoms with Crippen molar-refractivity contribution in [3.05, 3.63) is 46.8 Å². The van der Waals surface area contributed by atoms with Crippen molar-refractivity contribution in [2.45, 2.75) is 26.2 Å². The maximum absolute atomic E-state index is 13.1. The molecule has 1 saturated heterocycles. The van der Waals surface area contributed by atoms with Crippen molar-refractivity contribution in [3.8, 4) is 0 Å². The van der Waals surface area contributed by atoms with Crippen LogP contribution in [0.15, 0.2) is 41.2 Å². The van der Waals surface area contributed by atoms with Crippen LogP contribution in [0, 0.1) is 6.92 Å². The van der Waals surface area contributed by atoms with Gasteiger partial charge >= 0.3 is 0 Å². The van der Waals surface area contributed by atoms with E-state index >= 15 is 0 Å². The first kappa shape index (κ1) is 22.3. The molecule has 148 valence electrons. The first-order chi connectivity index (χ1) is 13.0. The Kier molecular flexibility index (Phi) is 9.66. The number of rotatable bonds is 4. The van der Waals surface area contributed by atoms with Crippen LogP contribution in [0.25, 0.3) is 0 Å². The fourth-order valence-corrected chi connectivity index (χ4v) is 3.94. The zero-order chi connectivity index (χ0) is 19.6. The molecule has 2 aliphatic rings. The Morgan fingerprint density at radius 3 is 2.63 bits per heavy atom. The minimum absolute atomic E-state index is 0.000810. The molecule has 0 unspecified atom stereocenters. The van der Waals surface area contributed by atoms with E-state index in [1.54, 1.807) is 18.5 Å². The second-order valence-corrected chi connectivity index (χ2v) is 8.11. The number of nitrogens with zero attached hydrogens (tertiary/aromatic N) is 3. The predicted molar refractivity (Wildman–Crippen MR) is 122 cm³/mol. The van der Waals surface area contributed by atoms with Gasteiger partial charge in [-0.2, -0.15) is 0 Å². The summed E-state index contributed by atoms with van der Waals surface area (Å²) in [5.74, 6) is 0.804. The Bertz CT molecular complexity index is 712. The second-order valence-electron chi connectivity index (χ2n) is 5.96. The fourth-order valence-electron chi connectivity index (χ4n) is 2.41. The summed E-state index contributed by atoms with van der Waals surface area (Å²) in [7, 11) is 1.44. The average molecular weight is 525 g/mol. The number of anilines is 1. The van der Waals surface area contributed by atoms with E-state index in [2.05, 4.69) is 41.8 Å². The van der Waals surface area contributed by atoms with Gasteiger partial charge in [0.2, 0.25) is 0 Å². The van der Waals surface area contributed by atoms with Crippen LogP contribution in [-0.4, -0.2) is 30.5 Å². The van der Waals surface area contributed by atoms with Gasteiger partial charge in [0.25, 0.3) is 0 Å². The molecule has 1 aromatic heterocycles. The van der Waals surface area contributed by atoms with Gasteiger partial charge in [-0.3, -0.25) is 9.30 Å². The minimum Gasteiger partial charge on any atom is -0.383 e. The summed E-state index contributed by atoms with van der Waals surface area (Å²) in [6, 6.07) is 1.84. The largest absolute Gasteiger partial charge is 0.383 e. The highest BCUT2D eigenvalue weighted by atomic mass is 127. The normalized spacial score (nSPS) is 17.1. The van der Waals surface area contributed by atoms with Gasteiger partial charge in [-0.05, 0) is 50.6 Å². The molecule has 0 aliphatic carbocycles. The number of pyridine rings is 1. The third-order valence-corrected chi connectivity index (χ3v) is 5.74. The highest BCUT2D eigenvalue weighted by Crippen LogP contribution is 2.29. The van der Waals surface area contributed by atoms with E-state index in [9.17, 15) is 4.39 Å². The molecule has 2 aliphatic heterocycles. The van der Waals surface area contributed by atoms with Crippen LogP contribution >= 0.6 is 41.9 Å². The minimum atomic E-state index is -0.456. The van der Waals surface area contributed by atoms with Gasteiger partial charge in [0, 0.05) is 42.7 Å². The van der Waals surface area contributed by atoms with Crippen LogP contribution < -0.4 is 20.7 Å². The molecule has 0 amide bonds. The van der Waals surface area contributed by atoms with Crippen LogP contribution in [0.2, 0.25) is 5.02 Å². The quantitative estimate of drug-likeness (QED) is 0.404. The molecule has 3 heterocycles. The van der Waals surface area contributed by atoms with Crippen molar-refractivity contribution in [1.82, 2.24) is 15.6 Å². The van der Waals surface area contributed by atoms with Crippen LogP contribution in [0.3, 0.4) is 0 Å². The van der Waals surface area contributed by atoms with Crippen LogP contribution in [0.4, 0.5) is 10.2 Å². The second kappa shape index (κ2) is 11.7. The van der Waals surface area contributed by atoms with Gasteiger partial charge in [0.1, 0.15) is 17.5 Å². The topological polar surface area (TPSA) is 78.6 Å². The summed E-state index contributed by atoms with van der Waals surface area (Å²) in [6.07, 6.45) is 9.29. The zero-order valence-corrected chi connectivity index (χ0v) is 18.7. The van der Waals surface area contributed by atoms with Gasteiger partial charge in [0.05, 0.1) is 11.6 Å². The van der Waals surface area contributed by atoms with Crippen LogP contribution in [-0.2, 0) is 0 Å². The fraction of sp³-hybridized carbons (Fsp3) is 0.412. The standard InChI is InChI=1S/C12H12ClFIN5S.C5H11N/c1-7-4-8(13)5-18-12(7)20(21-15)3-2-10-17-6-9(14)11(16)19-10;1-2-4-6-5-3-1/h2-5H,6,16H2,1H3,(H,17,19);6H,1-5H2/b3-2+;. The van der Waals surface area contributed by atoms with Crippen molar-refractivity contribution < 1.29 is 4.39 Å². The van der Waals surface area contributed by atoms with Crippen molar-refractivity contribution in [2.75, 3.05) is 23.9 Å². The van der Waals surface area contributed by atoms with E-state index in [1.807, 2.05) is 17.3 Å². The summed E-state index contributed by atoms with van der Waals surface area (Å²) >= 11 is 8.05. The first-order valence-electron chi connectivity index (χ1n) is 8.56. The lowest BCUT2D eigenvalue weighted by Crippen LogP contribution is -2.31. The molecule has 6 nitrogen and oxygen atoms in total. The zero-order valence-electron chi connectivity index (χ0n) is 15.0. The molecule has 0 radical (unpaired) electrons. The molecule has 10 heteroatoms. The van der Waals surface area contributed by atoms with Gasteiger partial charge in [-0.25, -0.2) is 9.37 Å². The Morgan fingerprint density at radius 1 is 1.37 bits per heavy atom. The first-order valence-corrected chi connectivity index (χ1v) is 12.2. The monoisotopic (exact) mass is 524 g/mol. The van der Waals surface area contributed by atoms with Gasteiger partial charge < -0.3 is 16.4 Å². The molecular weight excluding hydrogens is 502 g/mol. The molecule has 0 aromatic carbocycles. The Morgan fingerprint density at radius 2 is 2.11 bits per heavy atom. The molecule has 0 saturated carbocycles. The molecule has 0 bridgehead atoms. The number of amidine groups is 1. The SMILES string of the molecule is C1CCNCC1.Cc1cc(Cl)cnc1N(/C=C/C1=NCC(F)=C(N)N1)SI. The lowest BCUT2D eigenvalue weighted by molar-refractivity contribution is 0.520. The third kappa shape index (κ3) is 7.47. The van der Waals surface area contributed by atoms with Gasteiger partial charge in [-0.1, -0.05) is 18.0 Å². The number of halogens is 3. The van der Waals surface area contributed by atoms with Crippen molar-refractivity contribution >= 4 is 53.6 Å². The van der Waals surface area contributed by atoms with E-state index in [4.69, 9.17) is 17.3 Å². The van der Waals surface area contributed by atoms with Crippen molar-refractivity contribution in [1.29, 1.82) is 0 Å². The number of nitrogens with two attached hydrogens (primary N) is 1. The number of nitrogens with one attached hydrogen (secondary N) is 2. The Balaban J connectivity index is 0.000000369. The number of aryl methyl sites for hydroxylation is 1. The molecule has 27 heavy (non-hydrogen) atoms. The predicted octanol–water partition coefficient (Wildman–Crippen LogP) is 4.22. The lowest BCUT2D eigenvalue weighted by Gasteiger charge is -2.18. The van der Waals surface area contributed by atoms with Gasteiger partial charge in [0.15, 0.2) is 5.83 Å². The summed E-state index contributed by atoms with van der Waals surface area (Å²) in [5, 5.41) is 6.56. The molecule has 3 rings (SSSR count). The summed E-state index contributed by atoms with van der Waals surface area (Å²) in [6.45, 7) is 4.38. The highest BCUT2D eigenvalue weighted by Gasteiger charge is 2.12. The molecule has 4 N–H and O–H groups in total. The smallest absolute Gasteiger partial charge is 0.161 e. The molecule has 0 atom stereocenters. The van der Waals surface area contributed by atoms with Gasteiger partial charge in [-0.15, -0.1) is 0 Å². The van der Waals surface area contributed by atoms with E-state index in [0.29, 0.717) is 10.9 Å². The third-order valence-electron chi connectivity index (χ3n) is 3.82. The maximum atomic E-state index is 13.1. The van der Waals surface area contributed by atoms with E-state index in [0.717, 1.165) is 11.4 Å². The summed E-state index contributed by atoms with van der Waals surface area (Å²) < 4.78 is 14.9. The molecule has 1 fully saturated rings. The number of aromatic nitrogens is 1. The average Bonchev–Trinajstić information content (AvgIpc) is 2.68. The van der Waals surface area contributed by atoms with E-state index < -0.39 is 5.83 Å². The van der Waals surface area contributed by atoms with Crippen LogP contribution in [0.1, 0.15) is 24.8 Å². The number of hydrogen-bond acceptors (Lipinski definition) is 7. The number of aliphatic imine (C=N–C) groups is 1. The highest BCUT2D eigenvalue weighted by molar-refractivity contribution is 14.2. The number of hydrogen-bond donors (Lipinski definition) is 3. The molecule has 1 aromatic rings. The lowest BCUT2D eigenvalue weighted by atomic mass is 10.2. The van der Waals surface area contributed by atoms with Crippen molar-refractivity contribution in [3.63, 3.8) is 0 Å². The van der Waals surface area contributed by atoms with Crippen molar-refractivity contribution in [2.24, 2.45) is 10.7 Å². The Hall–Kier alpha value is -1.04. The molecule has 0 spiro atoms. The molecular formula is C17H23ClFIN6S. The summed E-state index contributed by atoms with van der Waals surface area (Å²) in [5.41, 5.74) is 6.44. The summed E-state index contributed by atoms with van der Waals surface area (Å²) in [4.78, 5) is 8.33. The maximum Gasteiger partial charge on any atom is 0.161 e.